The van der Waals surface area contributed by atoms with Gasteiger partial charge in [0.1, 0.15) is 0 Å². The first-order valence-electron chi connectivity index (χ1n) is 13.2. The van der Waals surface area contributed by atoms with Gasteiger partial charge in [0, 0.05) is 62.8 Å². The molecule has 0 saturated carbocycles. The summed E-state index contributed by atoms with van der Waals surface area (Å²) in [7, 11) is 7.05. The first-order chi connectivity index (χ1) is 14.9. The van der Waals surface area contributed by atoms with E-state index in [-0.39, 0.29) is 0 Å². The summed E-state index contributed by atoms with van der Waals surface area (Å²) in [4.78, 5) is 10.8. The largest absolute Gasteiger partial charge is 0.316 e. The van der Waals surface area contributed by atoms with Crippen LogP contribution in [0.1, 0.15) is 38.5 Å². The Hall–Kier alpha value is -0.240. The van der Waals surface area contributed by atoms with Crippen molar-refractivity contribution in [3.8, 4) is 0 Å². The Morgan fingerprint density at radius 3 is 2.39 bits per heavy atom. The highest BCUT2D eigenvalue weighted by Gasteiger charge is 2.55. The van der Waals surface area contributed by atoms with E-state index in [4.69, 9.17) is 0 Å². The maximum absolute atomic E-state index is 3.97. The number of likely N-dealkylation sites (tertiary alicyclic amines) is 4. The molecule has 6 heterocycles. The molecule has 5 atom stereocenters. The molecule has 0 aromatic carbocycles. The van der Waals surface area contributed by atoms with Gasteiger partial charge in [0.05, 0.1) is 0 Å². The monoisotopic (exact) mass is 430 g/mol. The second kappa shape index (κ2) is 7.64. The van der Waals surface area contributed by atoms with Crippen LogP contribution in [0.5, 0.6) is 0 Å². The fraction of sp³-hybridized carbons (Fsp3) is 1.00. The topological polar surface area (TPSA) is 37.0 Å². The van der Waals surface area contributed by atoms with Crippen LogP contribution in [0.15, 0.2) is 0 Å². The third kappa shape index (κ3) is 3.60. The molecule has 6 nitrogen and oxygen atoms in total. The summed E-state index contributed by atoms with van der Waals surface area (Å²) in [6.45, 7) is 12.9. The highest BCUT2D eigenvalue weighted by Crippen LogP contribution is 2.49. The SMILES string of the molecule is CN1CC2(CCNC(C3CC4(CCN(C5CCNCC56CCN(C)C6)C4)CN3C)C2)C1. The van der Waals surface area contributed by atoms with E-state index in [1.165, 1.54) is 104 Å². The van der Waals surface area contributed by atoms with E-state index in [1.54, 1.807) is 0 Å². The molecular formula is C25H46N6. The van der Waals surface area contributed by atoms with E-state index in [0.717, 1.165) is 12.1 Å². The van der Waals surface area contributed by atoms with Crippen LogP contribution in [0.3, 0.4) is 0 Å². The van der Waals surface area contributed by atoms with Crippen LogP contribution < -0.4 is 10.6 Å². The molecule has 176 valence electrons. The van der Waals surface area contributed by atoms with E-state index >= 15 is 0 Å². The van der Waals surface area contributed by atoms with Gasteiger partial charge in [0.2, 0.25) is 0 Å². The highest BCUT2D eigenvalue weighted by molar-refractivity contribution is 5.10. The summed E-state index contributed by atoms with van der Waals surface area (Å²) < 4.78 is 0. The van der Waals surface area contributed by atoms with Gasteiger partial charge in [0.25, 0.3) is 0 Å². The Morgan fingerprint density at radius 1 is 0.774 bits per heavy atom. The molecular weight excluding hydrogens is 384 g/mol. The summed E-state index contributed by atoms with van der Waals surface area (Å²) >= 11 is 0. The van der Waals surface area contributed by atoms with E-state index in [9.17, 15) is 0 Å². The third-order valence-corrected chi connectivity index (χ3v) is 10.4. The Balaban J connectivity index is 1.13. The van der Waals surface area contributed by atoms with Crippen molar-refractivity contribution in [3.63, 3.8) is 0 Å². The van der Waals surface area contributed by atoms with Gasteiger partial charge in [-0.15, -0.1) is 0 Å². The molecule has 6 heteroatoms. The molecule has 3 spiro atoms. The number of likely N-dealkylation sites (N-methyl/N-ethyl adjacent to an activating group) is 1. The molecule has 5 unspecified atom stereocenters. The van der Waals surface area contributed by atoms with Crippen LogP contribution in [-0.2, 0) is 0 Å². The molecule has 6 fully saturated rings. The minimum atomic E-state index is 0.496. The average Bonchev–Trinajstić information content (AvgIpc) is 3.39. The summed E-state index contributed by atoms with van der Waals surface area (Å²) in [6, 6.07) is 2.24. The average molecular weight is 431 g/mol. The Bertz CT molecular complexity index is 669. The van der Waals surface area contributed by atoms with Gasteiger partial charge in [-0.3, -0.25) is 4.90 Å². The molecule has 0 amide bonds. The Kier molecular flexibility index (Phi) is 5.25. The summed E-state index contributed by atoms with van der Waals surface area (Å²) in [5, 5.41) is 7.73. The summed E-state index contributed by atoms with van der Waals surface area (Å²) in [5.41, 5.74) is 1.66. The lowest BCUT2D eigenvalue weighted by molar-refractivity contribution is -0.0256. The van der Waals surface area contributed by atoms with E-state index in [2.05, 4.69) is 51.4 Å². The smallest absolute Gasteiger partial charge is 0.0253 e. The molecule has 31 heavy (non-hydrogen) atoms. The van der Waals surface area contributed by atoms with E-state index in [0.29, 0.717) is 22.3 Å². The molecule has 6 saturated heterocycles. The van der Waals surface area contributed by atoms with Crippen molar-refractivity contribution in [2.24, 2.45) is 16.2 Å². The fourth-order valence-electron chi connectivity index (χ4n) is 9.21. The lowest BCUT2D eigenvalue weighted by Gasteiger charge is -2.54. The van der Waals surface area contributed by atoms with Crippen molar-refractivity contribution < 1.29 is 0 Å². The molecule has 6 aliphatic heterocycles. The van der Waals surface area contributed by atoms with Crippen LogP contribution in [0.2, 0.25) is 0 Å². The first-order valence-corrected chi connectivity index (χ1v) is 13.2. The maximum atomic E-state index is 3.97. The van der Waals surface area contributed by atoms with Gasteiger partial charge in [-0.25, -0.2) is 0 Å². The normalized spacial score (nSPS) is 47.1. The van der Waals surface area contributed by atoms with Crippen molar-refractivity contribution in [1.29, 1.82) is 0 Å². The Morgan fingerprint density at radius 2 is 1.61 bits per heavy atom. The Labute approximate surface area is 190 Å². The zero-order valence-electron chi connectivity index (χ0n) is 20.3. The number of nitrogens with one attached hydrogen (secondary N) is 2. The van der Waals surface area contributed by atoms with Crippen molar-refractivity contribution in [1.82, 2.24) is 30.2 Å². The number of hydrogen-bond acceptors (Lipinski definition) is 6. The first kappa shape index (κ1) is 21.3. The van der Waals surface area contributed by atoms with Gasteiger partial charge >= 0.3 is 0 Å². The molecule has 0 radical (unpaired) electrons. The molecule has 0 aromatic rings. The van der Waals surface area contributed by atoms with Crippen LogP contribution in [-0.4, -0.2) is 124 Å². The number of piperidine rings is 2. The van der Waals surface area contributed by atoms with Crippen molar-refractivity contribution in [3.05, 3.63) is 0 Å². The van der Waals surface area contributed by atoms with Crippen LogP contribution >= 0.6 is 0 Å². The highest BCUT2D eigenvalue weighted by atomic mass is 15.3. The third-order valence-electron chi connectivity index (χ3n) is 10.4. The molecule has 0 aromatic heterocycles. The zero-order valence-corrected chi connectivity index (χ0v) is 20.3. The van der Waals surface area contributed by atoms with Crippen molar-refractivity contribution in [2.45, 2.75) is 56.7 Å². The summed E-state index contributed by atoms with van der Waals surface area (Å²) in [5.74, 6) is 0. The van der Waals surface area contributed by atoms with Crippen molar-refractivity contribution >= 4 is 0 Å². The summed E-state index contributed by atoms with van der Waals surface area (Å²) in [6.07, 6.45) is 8.36. The van der Waals surface area contributed by atoms with E-state index < -0.39 is 0 Å². The molecule has 6 aliphatic rings. The van der Waals surface area contributed by atoms with Gasteiger partial charge in [0.15, 0.2) is 0 Å². The van der Waals surface area contributed by atoms with Gasteiger partial charge in [-0.2, -0.15) is 0 Å². The molecule has 2 N–H and O–H groups in total. The quantitative estimate of drug-likeness (QED) is 0.674. The lowest BCUT2D eigenvalue weighted by atomic mass is 9.68. The molecule has 6 rings (SSSR count). The number of hydrogen-bond donors (Lipinski definition) is 2. The van der Waals surface area contributed by atoms with Gasteiger partial charge < -0.3 is 25.3 Å². The fourth-order valence-corrected chi connectivity index (χ4v) is 9.21. The van der Waals surface area contributed by atoms with Crippen LogP contribution in [0.4, 0.5) is 0 Å². The van der Waals surface area contributed by atoms with Crippen LogP contribution in [0, 0.1) is 16.2 Å². The maximum Gasteiger partial charge on any atom is 0.0253 e. The number of nitrogens with zero attached hydrogens (tertiary/aromatic N) is 4. The van der Waals surface area contributed by atoms with E-state index in [1.807, 2.05) is 0 Å². The van der Waals surface area contributed by atoms with Crippen molar-refractivity contribution in [2.75, 3.05) is 86.6 Å². The predicted molar refractivity (Wildman–Crippen MR) is 126 cm³/mol. The number of rotatable bonds is 2. The second-order valence-electron chi connectivity index (χ2n) is 12.9. The van der Waals surface area contributed by atoms with Crippen LogP contribution in [0.25, 0.3) is 0 Å². The molecule has 0 bridgehead atoms. The minimum absolute atomic E-state index is 0.496. The standard InChI is InChI=1S/C25H46N6/c1-28-10-7-25(19-28)14-26-8-4-22(25)31-11-6-24(18-31)13-21(30(3)17-24)20-12-23(5-9-27-20)15-29(2)16-23/h20-22,26-27H,4-19H2,1-3H3. The predicted octanol–water partition coefficient (Wildman–Crippen LogP) is 0.750. The minimum Gasteiger partial charge on any atom is -0.316 e. The molecule has 0 aliphatic carbocycles. The van der Waals surface area contributed by atoms with Gasteiger partial charge in [-0.1, -0.05) is 0 Å². The zero-order chi connectivity index (χ0) is 21.3. The second-order valence-corrected chi connectivity index (χ2v) is 12.9. The van der Waals surface area contributed by atoms with Gasteiger partial charge in [-0.05, 0) is 96.7 Å². The lowest BCUT2D eigenvalue weighted by Crippen LogP contribution is -2.63.